The fraction of sp³-hybridized carbons (Fsp3) is 0.176. The van der Waals surface area contributed by atoms with E-state index < -0.39 is 16.3 Å². The van der Waals surface area contributed by atoms with E-state index in [1.807, 2.05) is 6.07 Å². The van der Waals surface area contributed by atoms with Gasteiger partial charge in [0.1, 0.15) is 0 Å². The monoisotopic (exact) mass is 357 g/mol. The number of fused-ring (bicyclic) bond motifs is 3. The molecule has 0 radical (unpaired) electrons. The predicted molar refractivity (Wildman–Crippen MR) is 91.2 cm³/mol. The van der Waals surface area contributed by atoms with Crippen molar-refractivity contribution in [2.45, 2.75) is 11.2 Å². The van der Waals surface area contributed by atoms with Crippen molar-refractivity contribution in [3.05, 3.63) is 65.7 Å². The highest BCUT2D eigenvalue weighted by molar-refractivity contribution is 7.90. The van der Waals surface area contributed by atoms with E-state index in [1.165, 1.54) is 9.31 Å². The van der Waals surface area contributed by atoms with E-state index in [1.54, 1.807) is 62.6 Å². The number of hydrazone groups is 1. The number of rotatable bonds is 2. The molecule has 0 bridgehead atoms. The lowest BCUT2D eigenvalue weighted by atomic mass is 10.2. The van der Waals surface area contributed by atoms with E-state index in [4.69, 9.17) is 0 Å². The Labute approximate surface area is 145 Å². The van der Waals surface area contributed by atoms with Crippen LogP contribution in [0.5, 0.6) is 0 Å². The van der Waals surface area contributed by atoms with Crippen LogP contribution in [0, 0.1) is 0 Å². The van der Waals surface area contributed by atoms with Crippen LogP contribution in [0.2, 0.25) is 0 Å². The lowest BCUT2D eigenvalue weighted by Crippen LogP contribution is -3.13. The maximum absolute atomic E-state index is 13.0. The molecule has 0 aliphatic carbocycles. The minimum Gasteiger partial charge on any atom is -0.299 e. The first kappa shape index (κ1) is 15.8. The summed E-state index contributed by atoms with van der Waals surface area (Å²) in [5, 5.41) is 5.65. The summed E-state index contributed by atoms with van der Waals surface area (Å²) in [6, 6.07) is 15.5. The molecule has 8 heteroatoms. The van der Waals surface area contributed by atoms with Crippen molar-refractivity contribution < 1.29 is 18.1 Å². The molecule has 2 heterocycles. The van der Waals surface area contributed by atoms with Crippen molar-refractivity contribution in [3.8, 4) is 0 Å². The molecule has 0 aromatic heterocycles. The normalized spacial score (nSPS) is 20.4. The van der Waals surface area contributed by atoms with Crippen LogP contribution in [0.4, 0.5) is 0 Å². The van der Waals surface area contributed by atoms with Gasteiger partial charge in [-0.3, -0.25) is 9.69 Å². The van der Waals surface area contributed by atoms with Gasteiger partial charge in [-0.25, -0.2) is 8.42 Å². The fourth-order valence-electron chi connectivity index (χ4n) is 3.16. The average Bonchev–Trinajstić information content (AvgIpc) is 3.11. The first-order chi connectivity index (χ1) is 11.9. The third-order valence-corrected chi connectivity index (χ3v) is 6.08. The molecule has 2 aromatic carbocycles. The number of amidine groups is 1. The molecule has 128 valence electrons. The van der Waals surface area contributed by atoms with E-state index in [9.17, 15) is 13.2 Å². The third kappa shape index (κ3) is 2.18. The van der Waals surface area contributed by atoms with Gasteiger partial charge in [-0.15, -0.1) is 5.10 Å². The van der Waals surface area contributed by atoms with Crippen molar-refractivity contribution in [3.63, 3.8) is 0 Å². The zero-order chi connectivity index (χ0) is 17.8. The van der Waals surface area contributed by atoms with Gasteiger partial charge < -0.3 is 0 Å². The Bertz CT molecular complexity index is 986. The molecule has 2 aliphatic heterocycles. The quantitative estimate of drug-likeness (QED) is 0.818. The number of amides is 1. The van der Waals surface area contributed by atoms with Gasteiger partial charge in [0.25, 0.3) is 22.2 Å². The SMILES string of the molecule is C[NH+](C)[C@H]1N(C(=O)c2ccccc2)N=C2c3ccccc3S(=O)(=O)N21. The van der Waals surface area contributed by atoms with Gasteiger partial charge in [-0.2, -0.15) is 9.31 Å². The van der Waals surface area contributed by atoms with Crippen molar-refractivity contribution in [2.24, 2.45) is 5.10 Å². The zero-order valence-corrected chi connectivity index (χ0v) is 14.6. The zero-order valence-electron chi connectivity index (χ0n) is 13.7. The predicted octanol–water partition coefficient (Wildman–Crippen LogP) is -0.0634. The maximum Gasteiger partial charge on any atom is 0.281 e. The number of nitrogens with one attached hydrogen (secondary N) is 1. The number of carbonyl (C=O) groups excluding carboxylic acids is 1. The lowest BCUT2D eigenvalue weighted by Gasteiger charge is -2.29. The Morgan fingerprint density at radius 2 is 1.68 bits per heavy atom. The van der Waals surface area contributed by atoms with E-state index in [-0.39, 0.29) is 10.8 Å². The Kier molecular flexibility index (Phi) is 3.41. The van der Waals surface area contributed by atoms with Gasteiger partial charge in [0, 0.05) is 11.1 Å². The van der Waals surface area contributed by atoms with Crippen LogP contribution in [0.3, 0.4) is 0 Å². The van der Waals surface area contributed by atoms with Gasteiger partial charge in [-0.05, 0) is 24.3 Å². The second-order valence-corrected chi connectivity index (χ2v) is 7.97. The molecule has 0 saturated carbocycles. The van der Waals surface area contributed by atoms with E-state index in [2.05, 4.69) is 5.10 Å². The highest BCUT2D eigenvalue weighted by atomic mass is 32.2. The molecule has 1 N–H and O–H groups in total. The van der Waals surface area contributed by atoms with Crippen molar-refractivity contribution in [1.29, 1.82) is 0 Å². The number of sulfonamides is 1. The summed E-state index contributed by atoms with van der Waals surface area (Å²) in [4.78, 5) is 13.9. The van der Waals surface area contributed by atoms with Crippen molar-refractivity contribution in [2.75, 3.05) is 14.1 Å². The molecule has 0 spiro atoms. The van der Waals surface area contributed by atoms with Gasteiger partial charge in [0.15, 0.2) is 5.84 Å². The third-order valence-electron chi connectivity index (χ3n) is 4.28. The molecule has 0 unspecified atom stereocenters. The van der Waals surface area contributed by atoms with Crippen LogP contribution >= 0.6 is 0 Å². The summed E-state index contributed by atoms with van der Waals surface area (Å²) in [5.41, 5.74) is 0.988. The summed E-state index contributed by atoms with van der Waals surface area (Å²) < 4.78 is 27.2. The summed E-state index contributed by atoms with van der Waals surface area (Å²) in [7, 11) is -0.141. The topological polar surface area (TPSA) is 74.5 Å². The van der Waals surface area contributed by atoms with Crippen LogP contribution < -0.4 is 4.90 Å². The van der Waals surface area contributed by atoms with Crippen LogP contribution in [0.25, 0.3) is 0 Å². The minimum absolute atomic E-state index is 0.229. The molecule has 0 fully saturated rings. The molecule has 1 atom stereocenters. The molecule has 2 aromatic rings. The maximum atomic E-state index is 13.0. The molecular weight excluding hydrogens is 340 g/mol. The minimum atomic E-state index is -3.74. The number of quaternary nitrogens is 1. The van der Waals surface area contributed by atoms with Crippen molar-refractivity contribution in [1.82, 2.24) is 9.31 Å². The van der Waals surface area contributed by atoms with Crippen LogP contribution in [0.1, 0.15) is 15.9 Å². The smallest absolute Gasteiger partial charge is 0.281 e. The van der Waals surface area contributed by atoms with Gasteiger partial charge in [0.05, 0.1) is 19.0 Å². The number of nitrogens with zero attached hydrogens (tertiary/aromatic N) is 3. The van der Waals surface area contributed by atoms with E-state index in [0.717, 1.165) is 4.90 Å². The second-order valence-electron chi connectivity index (χ2n) is 6.19. The van der Waals surface area contributed by atoms with Crippen LogP contribution in [-0.2, 0) is 10.0 Å². The molecular formula is C17H17N4O3S+. The highest BCUT2D eigenvalue weighted by Crippen LogP contribution is 2.35. The average molecular weight is 357 g/mol. The van der Waals surface area contributed by atoms with Crippen molar-refractivity contribution >= 4 is 21.8 Å². The van der Waals surface area contributed by atoms with E-state index >= 15 is 0 Å². The number of hydrogen-bond donors (Lipinski definition) is 1. The standard InChI is InChI=1S/C17H16N4O3S/c1-19(2)17-20(16(22)12-8-4-3-5-9-12)18-15-13-10-6-7-11-14(13)25(23,24)21(15)17/h3-11,17H,1-2H3/p+1/t17-/m0/s1. The molecule has 0 saturated heterocycles. The highest BCUT2D eigenvalue weighted by Gasteiger charge is 2.54. The van der Waals surface area contributed by atoms with Crippen LogP contribution in [0.15, 0.2) is 64.6 Å². The first-order valence-corrected chi connectivity index (χ1v) is 9.28. The van der Waals surface area contributed by atoms with Gasteiger partial charge in [0.2, 0.25) is 0 Å². The van der Waals surface area contributed by atoms with Gasteiger partial charge >= 0.3 is 0 Å². The Morgan fingerprint density at radius 3 is 2.36 bits per heavy atom. The Balaban J connectivity index is 1.87. The summed E-state index contributed by atoms with van der Waals surface area (Å²) >= 11 is 0. The lowest BCUT2D eigenvalue weighted by molar-refractivity contribution is -0.904. The Morgan fingerprint density at radius 1 is 1.04 bits per heavy atom. The second kappa shape index (κ2) is 5.40. The number of benzene rings is 2. The fourth-order valence-corrected chi connectivity index (χ4v) is 4.99. The summed E-state index contributed by atoms with van der Waals surface area (Å²) in [5.74, 6) is -0.0348. The summed E-state index contributed by atoms with van der Waals surface area (Å²) in [6.07, 6.45) is -0.764. The number of carbonyl (C=O) groups is 1. The molecule has 1 amide bonds. The first-order valence-electron chi connectivity index (χ1n) is 7.84. The Hall–Kier alpha value is -2.71. The molecule has 25 heavy (non-hydrogen) atoms. The number of hydrogen-bond acceptors (Lipinski definition) is 4. The molecule has 2 aliphatic rings. The summed E-state index contributed by atoms with van der Waals surface area (Å²) in [6.45, 7) is 0. The van der Waals surface area contributed by atoms with Crippen LogP contribution in [-0.4, -0.2) is 49.9 Å². The largest absolute Gasteiger partial charge is 0.299 e. The van der Waals surface area contributed by atoms with Gasteiger partial charge in [-0.1, -0.05) is 30.3 Å². The molecule has 4 rings (SSSR count). The van der Waals surface area contributed by atoms with E-state index in [0.29, 0.717) is 17.0 Å². The molecule has 7 nitrogen and oxygen atoms in total.